The largest absolute Gasteiger partial charge is 0.468 e. The van der Waals surface area contributed by atoms with Gasteiger partial charge in [0.25, 0.3) is 14.5 Å². The van der Waals surface area contributed by atoms with Crippen LogP contribution in [0.2, 0.25) is 0 Å². The third-order valence-corrected chi connectivity index (χ3v) is 5.40. The molecule has 0 aromatic carbocycles. The molecule has 0 heterocycles. The molecular weight excluding hydrogens is 232 g/mol. The maximum atomic E-state index is 11.1. The van der Waals surface area contributed by atoms with Crippen molar-refractivity contribution in [2.24, 2.45) is 0 Å². The smallest absolute Gasteiger partial charge is 0.336 e. The van der Waals surface area contributed by atoms with E-state index in [4.69, 9.17) is 4.55 Å². The van der Waals surface area contributed by atoms with Crippen LogP contribution in [0.3, 0.4) is 0 Å². The summed E-state index contributed by atoms with van der Waals surface area (Å²) in [4.78, 5) is 22.1. The van der Waals surface area contributed by atoms with Crippen molar-refractivity contribution in [1.29, 1.82) is 0 Å². The van der Waals surface area contributed by atoms with Gasteiger partial charge in [0.2, 0.25) is 0 Å². The lowest BCUT2D eigenvalue weighted by molar-refractivity contribution is -0.152. The molecule has 0 aliphatic rings. The fourth-order valence-corrected chi connectivity index (χ4v) is 1.68. The van der Waals surface area contributed by atoms with E-state index in [1.54, 1.807) is 0 Å². The average molecular weight is 242 g/mol. The fourth-order valence-electron chi connectivity index (χ4n) is 0.683. The molecule has 0 aliphatic heterocycles. The standard InChI is InChI=1S/C5H10O7SSi/c1-11-3(6)5(14,4(7)12-2)13(8,9)10/h1-2,14H3,(H,8,9,10). The zero-order valence-corrected chi connectivity index (χ0v) is 10.6. The van der Waals surface area contributed by atoms with E-state index in [0.717, 1.165) is 14.2 Å². The number of methoxy groups -OCH3 is 2. The van der Waals surface area contributed by atoms with E-state index in [1.165, 1.54) is 0 Å². The van der Waals surface area contributed by atoms with Crippen molar-refractivity contribution < 1.29 is 32.0 Å². The highest BCUT2D eigenvalue weighted by Crippen LogP contribution is 2.16. The number of carbonyl (C=O) groups excluding carboxylic acids is 2. The predicted octanol–water partition coefficient (Wildman–Crippen LogP) is -2.72. The Morgan fingerprint density at radius 1 is 1.21 bits per heavy atom. The molecule has 0 saturated heterocycles. The first-order valence-electron chi connectivity index (χ1n) is 3.35. The highest BCUT2D eigenvalue weighted by Gasteiger charge is 2.55. The van der Waals surface area contributed by atoms with Gasteiger partial charge in [-0.2, -0.15) is 8.42 Å². The summed E-state index contributed by atoms with van der Waals surface area (Å²) in [6.45, 7) is 0. The van der Waals surface area contributed by atoms with Crippen molar-refractivity contribution in [3.05, 3.63) is 0 Å². The molecule has 0 saturated carbocycles. The second-order valence-corrected chi connectivity index (χ2v) is 6.48. The maximum Gasteiger partial charge on any atom is 0.336 e. The molecule has 9 heteroatoms. The molecule has 0 fully saturated rings. The van der Waals surface area contributed by atoms with Crippen LogP contribution in [-0.4, -0.2) is 53.7 Å². The lowest BCUT2D eigenvalue weighted by Gasteiger charge is -2.19. The fraction of sp³-hybridized carbons (Fsp3) is 0.600. The molecule has 0 radical (unpaired) electrons. The molecule has 0 spiro atoms. The summed E-state index contributed by atoms with van der Waals surface area (Å²) in [6.07, 6.45) is 0. The number of ether oxygens (including phenoxy) is 2. The van der Waals surface area contributed by atoms with Gasteiger partial charge in [0, 0.05) is 0 Å². The zero-order chi connectivity index (χ0) is 11.6. The van der Waals surface area contributed by atoms with E-state index in [-0.39, 0.29) is 0 Å². The van der Waals surface area contributed by atoms with Crippen molar-refractivity contribution in [3.8, 4) is 0 Å². The molecule has 14 heavy (non-hydrogen) atoms. The Morgan fingerprint density at radius 3 is 1.64 bits per heavy atom. The second-order valence-electron chi connectivity index (χ2n) is 2.49. The van der Waals surface area contributed by atoms with Crippen LogP contribution in [0.5, 0.6) is 0 Å². The lowest BCUT2D eigenvalue weighted by Crippen LogP contribution is -2.54. The van der Waals surface area contributed by atoms with Gasteiger partial charge in [0.05, 0.1) is 24.5 Å². The van der Waals surface area contributed by atoms with Crippen molar-refractivity contribution >= 4 is 32.3 Å². The van der Waals surface area contributed by atoms with Gasteiger partial charge in [-0.05, 0) is 0 Å². The van der Waals surface area contributed by atoms with Crippen molar-refractivity contribution in [2.45, 2.75) is 4.37 Å². The van der Waals surface area contributed by atoms with E-state index in [1.807, 2.05) is 0 Å². The highest BCUT2D eigenvalue weighted by atomic mass is 32.2. The Kier molecular flexibility index (Phi) is 3.79. The summed E-state index contributed by atoms with van der Waals surface area (Å²) in [5, 5.41) is 0. The van der Waals surface area contributed by atoms with Crippen molar-refractivity contribution in [3.63, 3.8) is 0 Å². The average Bonchev–Trinajstić information content (AvgIpc) is 2.12. The molecule has 0 aromatic rings. The molecule has 82 valence electrons. The summed E-state index contributed by atoms with van der Waals surface area (Å²) in [5.41, 5.74) is 0. The minimum absolute atomic E-state index is 0.473. The number of hydrogen-bond acceptors (Lipinski definition) is 6. The normalized spacial score (nSPS) is 12.2. The summed E-state index contributed by atoms with van der Waals surface area (Å²) >= 11 is 0. The molecule has 0 bridgehead atoms. The van der Waals surface area contributed by atoms with E-state index >= 15 is 0 Å². The number of rotatable bonds is 3. The van der Waals surface area contributed by atoms with Gasteiger partial charge in [0.15, 0.2) is 0 Å². The molecule has 0 aromatic heterocycles. The van der Waals surface area contributed by atoms with E-state index in [2.05, 4.69) is 9.47 Å². The van der Waals surface area contributed by atoms with Gasteiger partial charge in [-0.3, -0.25) is 14.1 Å². The van der Waals surface area contributed by atoms with Gasteiger partial charge in [-0.15, -0.1) is 0 Å². The van der Waals surface area contributed by atoms with Gasteiger partial charge in [0.1, 0.15) is 0 Å². The Hall–Kier alpha value is -0.933. The van der Waals surface area contributed by atoms with E-state index in [0.29, 0.717) is 0 Å². The third kappa shape index (κ3) is 1.94. The summed E-state index contributed by atoms with van der Waals surface area (Å²) in [5.74, 6) is -2.70. The number of esters is 2. The predicted molar refractivity (Wildman–Crippen MR) is 48.3 cm³/mol. The highest BCUT2D eigenvalue weighted by molar-refractivity contribution is 7.90. The Balaban J connectivity index is 5.51. The van der Waals surface area contributed by atoms with Gasteiger partial charge in [-0.25, -0.2) is 0 Å². The van der Waals surface area contributed by atoms with Crippen LogP contribution in [-0.2, 0) is 29.2 Å². The molecule has 1 N–H and O–H groups in total. The Morgan fingerprint density at radius 2 is 1.50 bits per heavy atom. The topological polar surface area (TPSA) is 107 Å². The quantitative estimate of drug-likeness (QED) is 0.248. The summed E-state index contributed by atoms with van der Waals surface area (Å²) in [6, 6.07) is 0. The van der Waals surface area contributed by atoms with Crippen LogP contribution in [0.4, 0.5) is 0 Å². The van der Waals surface area contributed by atoms with Crippen LogP contribution in [0.1, 0.15) is 0 Å². The second kappa shape index (κ2) is 4.07. The lowest BCUT2D eigenvalue weighted by atomic mass is 10.4. The molecule has 0 rings (SSSR count). The van der Waals surface area contributed by atoms with Gasteiger partial charge in [-0.1, -0.05) is 0 Å². The molecule has 0 amide bonds. The van der Waals surface area contributed by atoms with Crippen LogP contribution in [0, 0.1) is 0 Å². The molecule has 7 nitrogen and oxygen atoms in total. The minimum atomic E-state index is -4.87. The summed E-state index contributed by atoms with van der Waals surface area (Å²) in [7, 11) is -3.54. The number of carbonyl (C=O) groups is 2. The first-order valence-corrected chi connectivity index (χ1v) is 5.79. The Bertz CT molecular complexity index is 329. The van der Waals surface area contributed by atoms with Gasteiger partial charge < -0.3 is 9.47 Å². The molecule has 0 unspecified atom stereocenters. The van der Waals surface area contributed by atoms with E-state index in [9.17, 15) is 18.0 Å². The molecular formula is C5H10O7SSi. The monoisotopic (exact) mass is 242 g/mol. The first-order chi connectivity index (χ1) is 6.21. The van der Waals surface area contributed by atoms with E-state index < -0.39 is 36.7 Å². The van der Waals surface area contributed by atoms with Crippen LogP contribution < -0.4 is 0 Å². The zero-order valence-electron chi connectivity index (χ0n) is 7.80. The Labute approximate surface area is 83.5 Å². The third-order valence-electron chi connectivity index (χ3n) is 1.67. The van der Waals surface area contributed by atoms with Crippen LogP contribution in [0.25, 0.3) is 0 Å². The summed E-state index contributed by atoms with van der Waals surface area (Å²) < 4.78 is 36.1. The van der Waals surface area contributed by atoms with Crippen LogP contribution >= 0.6 is 0 Å². The molecule has 0 aliphatic carbocycles. The first kappa shape index (κ1) is 13.1. The van der Waals surface area contributed by atoms with Crippen molar-refractivity contribution in [2.75, 3.05) is 14.2 Å². The van der Waals surface area contributed by atoms with Crippen molar-refractivity contribution in [1.82, 2.24) is 0 Å². The molecule has 0 atom stereocenters. The number of hydrogen-bond donors (Lipinski definition) is 1. The SMILES string of the molecule is COC(=O)C([SiH3])(C(=O)OC)S(=O)(=O)O. The van der Waals surface area contributed by atoms with Crippen LogP contribution in [0.15, 0.2) is 0 Å². The van der Waals surface area contributed by atoms with Gasteiger partial charge >= 0.3 is 11.9 Å². The minimum Gasteiger partial charge on any atom is -0.468 e. The maximum absolute atomic E-state index is 11.1.